The van der Waals surface area contributed by atoms with E-state index >= 15 is 0 Å². The van der Waals surface area contributed by atoms with Crippen molar-refractivity contribution in [2.45, 2.75) is 40.5 Å². The van der Waals surface area contributed by atoms with Crippen molar-refractivity contribution in [2.75, 3.05) is 0 Å². The molecule has 0 rings (SSSR count). The molecule has 0 bridgehead atoms. The molecule has 0 fully saturated rings. The smallest absolute Gasteiger partial charge is 0.0300 e. The largest absolute Gasteiger partial charge is 0.0859 e. The molecule has 0 aromatic heterocycles. The highest BCUT2D eigenvalue weighted by molar-refractivity contribution is 4.94. The summed E-state index contributed by atoms with van der Waals surface area (Å²) in [7, 11) is 0. The van der Waals surface area contributed by atoms with Crippen LogP contribution in [-0.4, -0.2) is 0 Å². The minimum absolute atomic E-state index is 1.21. The van der Waals surface area contributed by atoms with Gasteiger partial charge < -0.3 is 0 Å². The second-order valence-corrected chi connectivity index (χ2v) is 3.03. The predicted molar refractivity (Wildman–Crippen MR) is 43.3 cm³/mol. The zero-order valence-corrected chi connectivity index (χ0v) is 6.99. The highest BCUT2D eigenvalue weighted by Crippen LogP contribution is 2.07. The molecule has 0 nitrogen and oxygen atoms in total. The van der Waals surface area contributed by atoms with Crippen molar-refractivity contribution >= 4 is 0 Å². The van der Waals surface area contributed by atoms with Gasteiger partial charge >= 0.3 is 0 Å². The summed E-state index contributed by atoms with van der Waals surface area (Å²) in [5, 5.41) is 0. The van der Waals surface area contributed by atoms with Gasteiger partial charge in [-0.2, -0.15) is 0 Å². The number of rotatable bonds is 3. The van der Waals surface area contributed by atoms with Crippen LogP contribution in [0.4, 0.5) is 0 Å². The third-order valence-electron chi connectivity index (χ3n) is 1.20. The maximum atomic E-state index is 2.28. The zero-order chi connectivity index (χ0) is 7.28. The summed E-state index contributed by atoms with van der Waals surface area (Å²) in [4.78, 5) is 0. The lowest BCUT2D eigenvalue weighted by Crippen LogP contribution is -1.81. The summed E-state index contributed by atoms with van der Waals surface area (Å²) in [5.41, 5.74) is 1.43. The quantitative estimate of drug-likeness (QED) is 0.507. The van der Waals surface area contributed by atoms with Crippen LogP contribution in [-0.2, 0) is 0 Å². The average Bonchev–Trinajstić information content (AvgIpc) is 1.63. The SMILES string of the molecule is C[C](C)CCC=C(C)C. The van der Waals surface area contributed by atoms with Gasteiger partial charge in [0.15, 0.2) is 0 Å². The molecular formula is C9H17. The summed E-state index contributed by atoms with van der Waals surface area (Å²) in [6.07, 6.45) is 4.74. The molecule has 0 aromatic carbocycles. The van der Waals surface area contributed by atoms with Gasteiger partial charge in [-0.25, -0.2) is 0 Å². The number of allylic oxidation sites excluding steroid dienone is 2. The van der Waals surface area contributed by atoms with Gasteiger partial charge in [0.25, 0.3) is 0 Å². The highest BCUT2D eigenvalue weighted by Gasteiger charge is 1.89. The van der Waals surface area contributed by atoms with E-state index in [0.29, 0.717) is 0 Å². The molecule has 0 aromatic rings. The first-order valence-corrected chi connectivity index (χ1v) is 3.55. The summed E-state index contributed by atoms with van der Waals surface area (Å²) in [6, 6.07) is 0. The lowest BCUT2D eigenvalue weighted by Gasteiger charge is -1.98. The van der Waals surface area contributed by atoms with Crippen molar-refractivity contribution in [3.63, 3.8) is 0 Å². The van der Waals surface area contributed by atoms with Crippen LogP contribution in [0.25, 0.3) is 0 Å². The molecule has 0 saturated heterocycles. The fourth-order valence-electron chi connectivity index (χ4n) is 0.650. The van der Waals surface area contributed by atoms with E-state index in [-0.39, 0.29) is 0 Å². The highest BCUT2D eigenvalue weighted by atomic mass is 14.0. The Morgan fingerprint density at radius 3 is 2.00 bits per heavy atom. The van der Waals surface area contributed by atoms with Crippen LogP contribution in [0.15, 0.2) is 11.6 Å². The van der Waals surface area contributed by atoms with E-state index < -0.39 is 0 Å². The van der Waals surface area contributed by atoms with Gasteiger partial charge in [0.2, 0.25) is 0 Å². The van der Waals surface area contributed by atoms with Crippen LogP contribution in [0, 0.1) is 5.92 Å². The fourth-order valence-corrected chi connectivity index (χ4v) is 0.650. The van der Waals surface area contributed by atoms with Crippen molar-refractivity contribution in [1.82, 2.24) is 0 Å². The Hall–Kier alpha value is -0.260. The fraction of sp³-hybridized carbons (Fsp3) is 0.667. The van der Waals surface area contributed by atoms with Crippen molar-refractivity contribution in [3.8, 4) is 0 Å². The van der Waals surface area contributed by atoms with Crippen molar-refractivity contribution in [3.05, 3.63) is 17.6 Å². The van der Waals surface area contributed by atoms with Gasteiger partial charge in [0, 0.05) is 0 Å². The average molecular weight is 125 g/mol. The topological polar surface area (TPSA) is 0 Å². The van der Waals surface area contributed by atoms with Gasteiger partial charge in [-0.1, -0.05) is 25.5 Å². The third-order valence-corrected chi connectivity index (χ3v) is 1.20. The Morgan fingerprint density at radius 2 is 1.67 bits per heavy atom. The normalized spacial score (nSPS) is 9.89. The van der Waals surface area contributed by atoms with E-state index in [0.717, 1.165) is 0 Å². The monoisotopic (exact) mass is 125 g/mol. The maximum absolute atomic E-state index is 2.28. The first-order chi connectivity index (χ1) is 4.13. The molecule has 0 saturated carbocycles. The molecule has 0 unspecified atom stereocenters. The lowest BCUT2D eigenvalue weighted by molar-refractivity contribution is 0.848. The van der Waals surface area contributed by atoms with Gasteiger partial charge in [0.05, 0.1) is 0 Å². The molecule has 0 heteroatoms. The Bertz CT molecular complexity index is 84.2. The maximum Gasteiger partial charge on any atom is -0.0300 e. The van der Waals surface area contributed by atoms with Crippen LogP contribution in [0.2, 0.25) is 0 Å². The second-order valence-electron chi connectivity index (χ2n) is 3.03. The van der Waals surface area contributed by atoms with Crippen LogP contribution >= 0.6 is 0 Å². The first-order valence-electron chi connectivity index (χ1n) is 3.55. The molecule has 53 valence electrons. The van der Waals surface area contributed by atoms with Crippen LogP contribution < -0.4 is 0 Å². The van der Waals surface area contributed by atoms with E-state index in [9.17, 15) is 0 Å². The standard InChI is InChI=1S/C9H17/c1-8(2)6-5-7-9(3)4/h6H,5,7H2,1-4H3. The summed E-state index contributed by atoms with van der Waals surface area (Å²) in [6.45, 7) is 8.65. The Labute approximate surface area is 59.0 Å². The van der Waals surface area contributed by atoms with Crippen molar-refractivity contribution in [1.29, 1.82) is 0 Å². The molecule has 0 aliphatic heterocycles. The summed E-state index contributed by atoms with van der Waals surface area (Å²) >= 11 is 0. The van der Waals surface area contributed by atoms with E-state index in [1.807, 2.05) is 0 Å². The van der Waals surface area contributed by atoms with Crippen LogP contribution in [0.3, 0.4) is 0 Å². The molecule has 0 spiro atoms. The van der Waals surface area contributed by atoms with Crippen LogP contribution in [0.5, 0.6) is 0 Å². The molecular weight excluding hydrogens is 108 g/mol. The minimum Gasteiger partial charge on any atom is -0.0859 e. The number of hydrogen-bond acceptors (Lipinski definition) is 0. The van der Waals surface area contributed by atoms with E-state index in [4.69, 9.17) is 0 Å². The van der Waals surface area contributed by atoms with E-state index in [1.54, 1.807) is 0 Å². The first kappa shape index (κ1) is 8.74. The van der Waals surface area contributed by atoms with E-state index in [2.05, 4.69) is 33.8 Å². The molecule has 1 radical (unpaired) electrons. The Kier molecular flexibility index (Phi) is 4.47. The molecule has 0 amide bonds. The molecule has 0 heterocycles. The van der Waals surface area contributed by atoms with Gasteiger partial charge in [-0.05, 0) is 32.6 Å². The van der Waals surface area contributed by atoms with Gasteiger partial charge in [0.1, 0.15) is 0 Å². The summed E-state index contributed by atoms with van der Waals surface area (Å²) < 4.78 is 0. The zero-order valence-electron chi connectivity index (χ0n) is 6.99. The molecule has 9 heavy (non-hydrogen) atoms. The third kappa shape index (κ3) is 7.74. The molecule has 0 aliphatic rings. The number of hydrogen-bond donors (Lipinski definition) is 0. The molecule has 0 N–H and O–H groups in total. The lowest BCUT2D eigenvalue weighted by atomic mass is 10.1. The minimum atomic E-state index is 1.21. The summed E-state index contributed by atoms with van der Waals surface area (Å²) in [5.74, 6) is 1.52. The molecule has 0 atom stereocenters. The second kappa shape index (κ2) is 4.60. The van der Waals surface area contributed by atoms with Crippen molar-refractivity contribution in [2.24, 2.45) is 0 Å². The Morgan fingerprint density at radius 1 is 1.11 bits per heavy atom. The van der Waals surface area contributed by atoms with Crippen LogP contribution in [0.1, 0.15) is 40.5 Å². The molecule has 0 aliphatic carbocycles. The van der Waals surface area contributed by atoms with E-state index in [1.165, 1.54) is 24.3 Å². The van der Waals surface area contributed by atoms with Crippen molar-refractivity contribution < 1.29 is 0 Å². The predicted octanol–water partition coefficient (Wildman–Crippen LogP) is 3.35. The van der Waals surface area contributed by atoms with Gasteiger partial charge in [-0.3, -0.25) is 0 Å². The van der Waals surface area contributed by atoms with Gasteiger partial charge in [-0.15, -0.1) is 0 Å². The Balaban J connectivity index is 3.20.